The first kappa shape index (κ1) is 22.0. The van der Waals surface area contributed by atoms with Gasteiger partial charge >= 0.3 is 0 Å². The van der Waals surface area contributed by atoms with Crippen molar-refractivity contribution in [2.24, 2.45) is 0 Å². The van der Waals surface area contributed by atoms with Gasteiger partial charge in [0, 0.05) is 55.8 Å². The highest BCUT2D eigenvalue weighted by Crippen LogP contribution is 2.33. The molecule has 0 atom stereocenters. The van der Waals surface area contributed by atoms with E-state index in [1.807, 2.05) is 65.6 Å². The minimum absolute atomic E-state index is 0.157. The minimum atomic E-state index is 0.157. The lowest BCUT2D eigenvalue weighted by Crippen LogP contribution is -2.48. The van der Waals surface area contributed by atoms with Gasteiger partial charge in [0.15, 0.2) is 11.7 Å². The number of anilines is 1. The number of carbonyl (C=O) groups is 1. The summed E-state index contributed by atoms with van der Waals surface area (Å²) >= 11 is 0. The molecule has 1 aliphatic heterocycles. The molecule has 0 bridgehead atoms. The third-order valence-corrected chi connectivity index (χ3v) is 6.31. The van der Waals surface area contributed by atoms with Gasteiger partial charge in [-0.1, -0.05) is 72.8 Å². The fourth-order valence-corrected chi connectivity index (χ4v) is 4.46. The van der Waals surface area contributed by atoms with E-state index in [9.17, 15) is 4.79 Å². The molecule has 0 spiro atoms. The summed E-state index contributed by atoms with van der Waals surface area (Å²) in [7, 11) is 0. The summed E-state index contributed by atoms with van der Waals surface area (Å²) in [6, 6.07) is 28.6. The molecular formula is C29H29N3O2. The van der Waals surface area contributed by atoms with Gasteiger partial charge in [-0.15, -0.1) is 0 Å². The van der Waals surface area contributed by atoms with E-state index < -0.39 is 0 Å². The molecule has 1 saturated heterocycles. The number of aryl methyl sites for hydroxylation is 2. The molecule has 1 amide bonds. The van der Waals surface area contributed by atoms with Crippen molar-refractivity contribution in [1.29, 1.82) is 0 Å². The Morgan fingerprint density at radius 3 is 2.21 bits per heavy atom. The van der Waals surface area contributed by atoms with Gasteiger partial charge < -0.3 is 14.2 Å². The largest absolute Gasteiger partial charge is 0.440 e. The van der Waals surface area contributed by atoms with Crippen LogP contribution in [0.2, 0.25) is 0 Å². The molecule has 4 aromatic rings. The third-order valence-electron chi connectivity index (χ3n) is 6.31. The number of benzene rings is 3. The Hall–Kier alpha value is -3.86. The second kappa shape index (κ2) is 9.96. The van der Waals surface area contributed by atoms with Gasteiger partial charge in [-0.2, -0.15) is 0 Å². The number of nitrogens with zero attached hydrogens (tertiary/aromatic N) is 3. The van der Waals surface area contributed by atoms with Crippen molar-refractivity contribution in [3.05, 3.63) is 96.4 Å². The lowest BCUT2D eigenvalue weighted by Gasteiger charge is -2.36. The Morgan fingerprint density at radius 2 is 1.53 bits per heavy atom. The summed E-state index contributed by atoms with van der Waals surface area (Å²) in [6.07, 6.45) is 0.886. The van der Waals surface area contributed by atoms with Crippen LogP contribution in [-0.2, 0) is 11.2 Å². The number of piperazine rings is 1. The number of aromatic nitrogens is 1. The van der Waals surface area contributed by atoms with Crippen LogP contribution in [0.25, 0.3) is 22.6 Å². The molecule has 3 aromatic carbocycles. The third kappa shape index (κ3) is 4.88. The van der Waals surface area contributed by atoms with Gasteiger partial charge in [0.25, 0.3) is 0 Å². The maximum absolute atomic E-state index is 12.9. The standard InChI is InChI=1S/C29H29N3O2/c1-22-9-8-14-25(21-22)31-17-19-32(20-18-31)27(33)16-15-26-30-28(23-10-4-2-5-11-23)29(34-26)24-12-6-3-7-13-24/h2-14,21H,15-20H2,1H3. The van der Waals surface area contributed by atoms with Crippen LogP contribution < -0.4 is 4.90 Å². The first-order valence-electron chi connectivity index (χ1n) is 11.9. The van der Waals surface area contributed by atoms with Crippen LogP contribution in [0.15, 0.2) is 89.3 Å². The molecule has 2 heterocycles. The summed E-state index contributed by atoms with van der Waals surface area (Å²) in [5.41, 5.74) is 5.30. The van der Waals surface area contributed by atoms with Gasteiger partial charge in [0.1, 0.15) is 5.69 Å². The molecule has 34 heavy (non-hydrogen) atoms. The molecule has 0 aliphatic carbocycles. The highest BCUT2D eigenvalue weighted by atomic mass is 16.4. The zero-order valence-corrected chi connectivity index (χ0v) is 19.5. The van der Waals surface area contributed by atoms with Crippen LogP contribution in [0, 0.1) is 6.92 Å². The average Bonchev–Trinajstić information content (AvgIpc) is 3.33. The molecule has 5 heteroatoms. The molecule has 5 nitrogen and oxygen atoms in total. The quantitative estimate of drug-likeness (QED) is 0.383. The van der Waals surface area contributed by atoms with Gasteiger partial charge in [-0.3, -0.25) is 4.79 Å². The normalized spacial score (nSPS) is 13.8. The number of carbonyl (C=O) groups excluding carboxylic acids is 1. The van der Waals surface area contributed by atoms with E-state index in [4.69, 9.17) is 9.40 Å². The smallest absolute Gasteiger partial charge is 0.223 e. The van der Waals surface area contributed by atoms with Crippen LogP contribution >= 0.6 is 0 Å². The Morgan fingerprint density at radius 1 is 0.853 bits per heavy atom. The number of hydrogen-bond acceptors (Lipinski definition) is 4. The van der Waals surface area contributed by atoms with E-state index >= 15 is 0 Å². The van der Waals surface area contributed by atoms with Crippen molar-refractivity contribution in [3.63, 3.8) is 0 Å². The van der Waals surface area contributed by atoms with Crippen LogP contribution in [0.4, 0.5) is 5.69 Å². The monoisotopic (exact) mass is 451 g/mol. The van der Waals surface area contributed by atoms with E-state index in [2.05, 4.69) is 36.1 Å². The van der Waals surface area contributed by atoms with Crippen LogP contribution in [0.1, 0.15) is 17.9 Å². The fourth-order valence-electron chi connectivity index (χ4n) is 4.46. The van der Waals surface area contributed by atoms with Crippen molar-refractivity contribution >= 4 is 11.6 Å². The summed E-state index contributed by atoms with van der Waals surface area (Å²) in [4.78, 5) is 22.0. The van der Waals surface area contributed by atoms with Crippen LogP contribution in [-0.4, -0.2) is 42.0 Å². The average molecular weight is 452 g/mol. The number of rotatable bonds is 6. The first-order valence-corrected chi connectivity index (χ1v) is 11.9. The predicted octanol–water partition coefficient (Wildman–Crippen LogP) is 5.60. The van der Waals surface area contributed by atoms with E-state index in [0.717, 1.165) is 48.8 Å². The van der Waals surface area contributed by atoms with E-state index in [1.54, 1.807) is 0 Å². The number of hydrogen-bond donors (Lipinski definition) is 0. The van der Waals surface area contributed by atoms with Gasteiger partial charge in [0.2, 0.25) is 5.91 Å². The molecule has 0 radical (unpaired) electrons. The maximum Gasteiger partial charge on any atom is 0.223 e. The lowest BCUT2D eigenvalue weighted by molar-refractivity contribution is -0.131. The summed E-state index contributed by atoms with van der Waals surface area (Å²) < 4.78 is 6.19. The van der Waals surface area contributed by atoms with Crippen molar-refractivity contribution in [3.8, 4) is 22.6 Å². The first-order chi connectivity index (χ1) is 16.7. The fraction of sp³-hybridized carbons (Fsp3) is 0.241. The molecule has 0 saturated carbocycles. The molecule has 0 N–H and O–H groups in total. The molecule has 172 valence electrons. The zero-order valence-electron chi connectivity index (χ0n) is 19.5. The minimum Gasteiger partial charge on any atom is -0.440 e. The number of amides is 1. The Balaban J connectivity index is 1.25. The Labute approximate surface area is 200 Å². The Bertz CT molecular complexity index is 1190. The molecule has 1 aromatic heterocycles. The van der Waals surface area contributed by atoms with Crippen molar-refractivity contribution in [2.75, 3.05) is 31.1 Å². The number of oxazole rings is 1. The van der Waals surface area contributed by atoms with Crippen molar-refractivity contribution < 1.29 is 9.21 Å². The predicted molar refractivity (Wildman–Crippen MR) is 136 cm³/mol. The highest BCUT2D eigenvalue weighted by molar-refractivity contribution is 5.78. The van der Waals surface area contributed by atoms with E-state index in [-0.39, 0.29) is 5.91 Å². The summed E-state index contributed by atoms with van der Waals surface area (Å²) in [5, 5.41) is 0. The molecule has 1 fully saturated rings. The molecule has 1 aliphatic rings. The van der Waals surface area contributed by atoms with Crippen LogP contribution in [0.3, 0.4) is 0 Å². The zero-order chi connectivity index (χ0) is 23.3. The highest BCUT2D eigenvalue weighted by Gasteiger charge is 2.23. The Kier molecular flexibility index (Phi) is 6.43. The van der Waals surface area contributed by atoms with Crippen molar-refractivity contribution in [1.82, 2.24) is 9.88 Å². The topological polar surface area (TPSA) is 49.6 Å². The second-order valence-corrected chi connectivity index (χ2v) is 8.72. The van der Waals surface area contributed by atoms with E-state index in [1.165, 1.54) is 11.3 Å². The van der Waals surface area contributed by atoms with Gasteiger partial charge in [0.05, 0.1) is 0 Å². The summed E-state index contributed by atoms with van der Waals surface area (Å²) in [5.74, 6) is 1.51. The molecule has 0 unspecified atom stereocenters. The van der Waals surface area contributed by atoms with Crippen LogP contribution in [0.5, 0.6) is 0 Å². The summed E-state index contributed by atoms with van der Waals surface area (Å²) in [6.45, 7) is 5.29. The lowest BCUT2D eigenvalue weighted by atomic mass is 10.1. The van der Waals surface area contributed by atoms with Gasteiger partial charge in [-0.05, 0) is 24.6 Å². The molecule has 5 rings (SSSR count). The molecular weight excluding hydrogens is 422 g/mol. The second-order valence-electron chi connectivity index (χ2n) is 8.72. The SMILES string of the molecule is Cc1cccc(N2CCN(C(=O)CCc3nc(-c4ccccc4)c(-c4ccccc4)o3)CC2)c1. The van der Waals surface area contributed by atoms with Crippen molar-refractivity contribution in [2.45, 2.75) is 19.8 Å². The van der Waals surface area contributed by atoms with E-state index in [0.29, 0.717) is 18.7 Å². The maximum atomic E-state index is 12.9. The van der Waals surface area contributed by atoms with Gasteiger partial charge in [-0.25, -0.2) is 4.98 Å².